The van der Waals surface area contributed by atoms with E-state index in [9.17, 15) is 4.79 Å². The molecule has 0 amide bonds. The normalized spacial score (nSPS) is 13.3. The van der Waals surface area contributed by atoms with Gasteiger partial charge in [0.1, 0.15) is 5.75 Å². The molecule has 1 aliphatic heterocycles. The minimum absolute atomic E-state index is 0.0253. The van der Waals surface area contributed by atoms with Crippen LogP contribution >= 0.6 is 0 Å². The summed E-state index contributed by atoms with van der Waals surface area (Å²) < 4.78 is 5.46. The smallest absolute Gasteiger partial charge is 0.185 e. The third kappa shape index (κ3) is 2.58. The van der Waals surface area contributed by atoms with Crippen LogP contribution in [0.3, 0.4) is 0 Å². The number of fused-ring (bicyclic) bond motifs is 1. The molecule has 0 N–H and O–H groups in total. The molecular weight excluding hydrogens is 236 g/mol. The molecule has 0 saturated heterocycles. The molecule has 0 saturated carbocycles. The van der Waals surface area contributed by atoms with Crippen molar-refractivity contribution in [1.82, 2.24) is 0 Å². The number of ether oxygens (including phenoxy) is 1. The van der Waals surface area contributed by atoms with Crippen molar-refractivity contribution in [2.24, 2.45) is 0 Å². The molecule has 19 heavy (non-hydrogen) atoms. The van der Waals surface area contributed by atoms with Gasteiger partial charge in [0.15, 0.2) is 5.78 Å². The van der Waals surface area contributed by atoms with E-state index in [1.54, 1.807) is 6.08 Å². The molecular formula is C17H14O2. The first kappa shape index (κ1) is 11.7. The molecule has 2 aromatic carbocycles. The predicted octanol–water partition coefficient (Wildman–Crippen LogP) is 3.52. The lowest BCUT2D eigenvalue weighted by Crippen LogP contribution is -1.92. The van der Waals surface area contributed by atoms with Crippen molar-refractivity contribution in [3.63, 3.8) is 0 Å². The average Bonchev–Trinajstić information content (AvgIpc) is 2.93. The molecule has 2 nitrogen and oxygen atoms in total. The van der Waals surface area contributed by atoms with E-state index in [2.05, 4.69) is 6.07 Å². The molecule has 94 valence electrons. The van der Waals surface area contributed by atoms with E-state index in [4.69, 9.17) is 4.74 Å². The summed E-state index contributed by atoms with van der Waals surface area (Å²) in [5.74, 6) is 0.990. The van der Waals surface area contributed by atoms with Gasteiger partial charge >= 0.3 is 0 Å². The Balaban J connectivity index is 1.78. The third-order valence-electron chi connectivity index (χ3n) is 3.20. The number of hydrogen-bond acceptors (Lipinski definition) is 2. The Morgan fingerprint density at radius 3 is 2.79 bits per heavy atom. The van der Waals surface area contributed by atoms with Crippen LogP contribution in [0, 0.1) is 0 Å². The van der Waals surface area contributed by atoms with E-state index in [0.717, 1.165) is 24.3 Å². The molecule has 0 aliphatic carbocycles. The predicted molar refractivity (Wildman–Crippen MR) is 75.4 cm³/mol. The highest BCUT2D eigenvalue weighted by Crippen LogP contribution is 2.26. The molecule has 1 aliphatic rings. The first-order chi connectivity index (χ1) is 9.33. The van der Waals surface area contributed by atoms with Gasteiger partial charge in [-0.25, -0.2) is 0 Å². The fourth-order valence-electron chi connectivity index (χ4n) is 2.18. The second-order valence-electron chi connectivity index (χ2n) is 4.53. The van der Waals surface area contributed by atoms with Gasteiger partial charge < -0.3 is 4.74 Å². The van der Waals surface area contributed by atoms with Crippen LogP contribution in [-0.2, 0) is 6.42 Å². The Labute approximate surface area is 112 Å². The zero-order valence-corrected chi connectivity index (χ0v) is 10.5. The number of carbonyl (C=O) groups excluding carboxylic acids is 1. The number of rotatable bonds is 3. The number of ketones is 1. The first-order valence-corrected chi connectivity index (χ1v) is 6.36. The van der Waals surface area contributed by atoms with Crippen molar-refractivity contribution < 1.29 is 9.53 Å². The van der Waals surface area contributed by atoms with Gasteiger partial charge in [0.25, 0.3) is 0 Å². The highest BCUT2D eigenvalue weighted by molar-refractivity contribution is 6.06. The molecule has 2 aromatic rings. The van der Waals surface area contributed by atoms with Crippen LogP contribution in [0.25, 0.3) is 6.08 Å². The average molecular weight is 250 g/mol. The van der Waals surface area contributed by atoms with E-state index in [1.165, 1.54) is 5.56 Å². The van der Waals surface area contributed by atoms with Gasteiger partial charge in [0.05, 0.1) is 6.61 Å². The van der Waals surface area contributed by atoms with Crippen LogP contribution in [0.2, 0.25) is 0 Å². The molecule has 3 rings (SSSR count). The second kappa shape index (κ2) is 5.11. The van der Waals surface area contributed by atoms with Crippen LogP contribution < -0.4 is 4.74 Å². The summed E-state index contributed by atoms with van der Waals surface area (Å²) >= 11 is 0. The summed E-state index contributed by atoms with van der Waals surface area (Å²) in [6.07, 6.45) is 4.42. The van der Waals surface area contributed by atoms with Gasteiger partial charge in [0.2, 0.25) is 0 Å². The summed E-state index contributed by atoms with van der Waals surface area (Å²) in [6, 6.07) is 15.3. The lowest BCUT2D eigenvalue weighted by atomic mass is 10.1. The number of allylic oxidation sites excluding steroid dienone is 1. The molecule has 2 heteroatoms. The summed E-state index contributed by atoms with van der Waals surface area (Å²) in [6.45, 7) is 0.755. The van der Waals surface area contributed by atoms with Crippen molar-refractivity contribution in [1.29, 1.82) is 0 Å². The van der Waals surface area contributed by atoms with Crippen LogP contribution in [-0.4, -0.2) is 12.4 Å². The summed E-state index contributed by atoms with van der Waals surface area (Å²) in [4.78, 5) is 11.9. The van der Waals surface area contributed by atoms with Crippen molar-refractivity contribution in [3.8, 4) is 5.75 Å². The zero-order valence-electron chi connectivity index (χ0n) is 10.5. The van der Waals surface area contributed by atoms with Gasteiger partial charge in [-0.15, -0.1) is 0 Å². The minimum atomic E-state index is 0.0253. The molecule has 0 aromatic heterocycles. The second-order valence-corrected chi connectivity index (χ2v) is 4.53. The van der Waals surface area contributed by atoms with Gasteiger partial charge in [-0.2, -0.15) is 0 Å². The quantitative estimate of drug-likeness (QED) is 0.615. The van der Waals surface area contributed by atoms with Crippen LogP contribution in [0.5, 0.6) is 5.75 Å². The van der Waals surface area contributed by atoms with Gasteiger partial charge in [-0.1, -0.05) is 42.5 Å². The Kier molecular flexibility index (Phi) is 3.15. The SMILES string of the molecule is O=C(C=Cc1ccc2c(c1)CCO2)c1ccccc1. The van der Waals surface area contributed by atoms with Crippen LogP contribution in [0.15, 0.2) is 54.6 Å². The molecule has 1 heterocycles. The maximum atomic E-state index is 11.9. The Bertz CT molecular complexity index is 627. The molecule has 0 atom stereocenters. The number of hydrogen-bond donors (Lipinski definition) is 0. The van der Waals surface area contributed by atoms with Crippen molar-refractivity contribution in [3.05, 3.63) is 71.3 Å². The maximum absolute atomic E-state index is 11.9. The third-order valence-corrected chi connectivity index (χ3v) is 3.20. The van der Waals surface area contributed by atoms with Gasteiger partial charge in [0, 0.05) is 12.0 Å². The Morgan fingerprint density at radius 1 is 1.11 bits per heavy atom. The fourth-order valence-corrected chi connectivity index (χ4v) is 2.18. The number of carbonyl (C=O) groups is 1. The largest absolute Gasteiger partial charge is 0.493 e. The van der Waals surface area contributed by atoms with E-state index in [0.29, 0.717) is 5.56 Å². The lowest BCUT2D eigenvalue weighted by Gasteiger charge is -1.99. The van der Waals surface area contributed by atoms with Crippen LogP contribution in [0.1, 0.15) is 21.5 Å². The monoisotopic (exact) mass is 250 g/mol. The van der Waals surface area contributed by atoms with E-state index in [-0.39, 0.29) is 5.78 Å². The van der Waals surface area contributed by atoms with Gasteiger partial charge in [-0.3, -0.25) is 4.79 Å². The van der Waals surface area contributed by atoms with E-state index < -0.39 is 0 Å². The highest BCUT2D eigenvalue weighted by atomic mass is 16.5. The van der Waals surface area contributed by atoms with Gasteiger partial charge in [-0.05, 0) is 29.3 Å². The summed E-state index contributed by atoms with van der Waals surface area (Å²) in [5, 5.41) is 0. The Morgan fingerprint density at radius 2 is 1.95 bits per heavy atom. The van der Waals surface area contributed by atoms with Crippen molar-refractivity contribution in [2.75, 3.05) is 6.61 Å². The topological polar surface area (TPSA) is 26.3 Å². The fraction of sp³-hybridized carbons (Fsp3) is 0.118. The molecule has 0 bridgehead atoms. The van der Waals surface area contributed by atoms with Crippen molar-refractivity contribution >= 4 is 11.9 Å². The molecule has 0 spiro atoms. The number of benzene rings is 2. The molecule has 0 fully saturated rings. The first-order valence-electron chi connectivity index (χ1n) is 6.36. The highest BCUT2D eigenvalue weighted by Gasteiger charge is 2.11. The minimum Gasteiger partial charge on any atom is -0.493 e. The lowest BCUT2D eigenvalue weighted by molar-refractivity contribution is 0.104. The Hall–Kier alpha value is -2.35. The molecule has 0 unspecified atom stereocenters. The maximum Gasteiger partial charge on any atom is 0.185 e. The standard InChI is InChI=1S/C17H14O2/c18-16(14-4-2-1-3-5-14)8-6-13-7-9-17-15(12-13)10-11-19-17/h1-9,12H,10-11H2. The van der Waals surface area contributed by atoms with E-state index in [1.807, 2.05) is 48.5 Å². The van der Waals surface area contributed by atoms with E-state index >= 15 is 0 Å². The summed E-state index contributed by atoms with van der Waals surface area (Å²) in [7, 11) is 0. The van der Waals surface area contributed by atoms with Crippen LogP contribution in [0.4, 0.5) is 0 Å². The summed E-state index contributed by atoms with van der Waals surface area (Å²) in [5.41, 5.74) is 2.96. The zero-order chi connectivity index (χ0) is 13.1. The van der Waals surface area contributed by atoms with Crippen molar-refractivity contribution in [2.45, 2.75) is 6.42 Å². The molecule has 0 radical (unpaired) electrons.